The van der Waals surface area contributed by atoms with Gasteiger partial charge in [-0.25, -0.2) is 9.18 Å². The maximum atomic E-state index is 13.1. The van der Waals surface area contributed by atoms with Gasteiger partial charge in [-0.3, -0.25) is 9.59 Å². The van der Waals surface area contributed by atoms with E-state index in [4.69, 9.17) is 4.74 Å². The summed E-state index contributed by atoms with van der Waals surface area (Å²) in [4.78, 5) is 38.2. The van der Waals surface area contributed by atoms with E-state index in [0.717, 1.165) is 37.0 Å². The van der Waals surface area contributed by atoms with E-state index in [1.807, 2.05) is 0 Å². The summed E-state index contributed by atoms with van der Waals surface area (Å²) in [6.07, 6.45) is 4.05. The third kappa shape index (κ3) is 4.82. The van der Waals surface area contributed by atoms with Gasteiger partial charge in [-0.1, -0.05) is 12.8 Å². The zero-order chi connectivity index (χ0) is 21.0. The highest BCUT2D eigenvalue weighted by Gasteiger charge is 2.28. The van der Waals surface area contributed by atoms with Crippen LogP contribution in [0.4, 0.5) is 9.39 Å². The number of ether oxygens (including phenoxy) is 1. The Balaban J connectivity index is 1.89. The summed E-state index contributed by atoms with van der Waals surface area (Å²) in [5.74, 6) is -1.81. The van der Waals surface area contributed by atoms with Gasteiger partial charge in [-0.2, -0.15) is 0 Å². The first kappa shape index (κ1) is 21.0. The summed E-state index contributed by atoms with van der Waals surface area (Å²) >= 11 is 1.04. The van der Waals surface area contributed by atoms with Crippen LogP contribution < -0.4 is 10.6 Å². The van der Waals surface area contributed by atoms with Gasteiger partial charge in [-0.05, 0) is 56.5 Å². The number of benzene rings is 1. The summed E-state index contributed by atoms with van der Waals surface area (Å²) in [6, 6.07) is 5.20. The van der Waals surface area contributed by atoms with Crippen LogP contribution in [0.5, 0.6) is 0 Å². The molecule has 29 heavy (non-hydrogen) atoms. The Morgan fingerprint density at radius 1 is 1.14 bits per heavy atom. The molecule has 3 rings (SSSR count). The quantitative estimate of drug-likeness (QED) is 0.685. The third-order valence-electron chi connectivity index (χ3n) is 4.86. The maximum absolute atomic E-state index is 13.1. The normalized spacial score (nSPS) is 13.9. The highest BCUT2D eigenvalue weighted by atomic mass is 32.1. The monoisotopic (exact) mass is 418 g/mol. The number of rotatable bonds is 6. The fourth-order valence-corrected chi connectivity index (χ4v) is 4.46. The number of amides is 2. The third-order valence-corrected chi connectivity index (χ3v) is 6.06. The van der Waals surface area contributed by atoms with E-state index in [-0.39, 0.29) is 34.7 Å². The highest BCUT2D eigenvalue weighted by Crippen LogP contribution is 2.34. The summed E-state index contributed by atoms with van der Waals surface area (Å²) < 4.78 is 18.2. The van der Waals surface area contributed by atoms with Gasteiger partial charge in [0.15, 0.2) is 0 Å². The van der Waals surface area contributed by atoms with Gasteiger partial charge in [0.2, 0.25) is 0 Å². The van der Waals surface area contributed by atoms with Crippen LogP contribution in [-0.4, -0.2) is 30.4 Å². The minimum atomic E-state index is -0.601. The number of carbonyl (C=O) groups is 3. The summed E-state index contributed by atoms with van der Waals surface area (Å²) in [5, 5.41) is 5.92. The molecule has 1 heterocycles. The molecule has 2 N–H and O–H groups in total. The first-order valence-electron chi connectivity index (χ1n) is 9.59. The van der Waals surface area contributed by atoms with E-state index >= 15 is 0 Å². The molecule has 1 aliphatic rings. The number of anilines is 1. The predicted octanol–water partition coefficient (Wildman–Crippen LogP) is 4.30. The molecule has 0 spiro atoms. The largest absolute Gasteiger partial charge is 0.462 e. The number of esters is 1. The van der Waals surface area contributed by atoms with Crippen molar-refractivity contribution in [2.75, 3.05) is 11.9 Å². The van der Waals surface area contributed by atoms with Crippen molar-refractivity contribution < 1.29 is 23.5 Å². The summed E-state index contributed by atoms with van der Waals surface area (Å²) in [5.41, 5.74) is 0.881. The van der Waals surface area contributed by atoms with Crippen molar-refractivity contribution in [3.8, 4) is 0 Å². The maximum Gasteiger partial charge on any atom is 0.341 e. The Kier molecular flexibility index (Phi) is 6.64. The molecule has 154 valence electrons. The van der Waals surface area contributed by atoms with Gasteiger partial charge >= 0.3 is 5.97 Å². The number of hydrogen-bond donors (Lipinski definition) is 2. The molecule has 1 fully saturated rings. The zero-order valence-electron chi connectivity index (χ0n) is 16.3. The Hall–Kier alpha value is -2.74. The molecule has 0 saturated heterocycles. The minimum absolute atomic E-state index is 0.132. The van der Waals surface area contributed by atoms with E-state index in [1.165, 1.54) is 24.3 Å². The second-order valence-corrected chi connectivity index (χ2v) is 7.92. The van der Waals surface area contributed by atoms with Gasteiger partial charge in [0.1, 0.15) is 10.8 Å². The van der Waals surface area contributed by atoms with Gasteiger partial charge in [0.05, 0.1) is 17.0 Å². The Morgan fingerprint density at radius 2 is 1.79 bits per heavy atom. The number of nitrogens with one attached hydrogen (secondary N) is 2. The molecule has 1 aromatic heterocycles. The van der Waals surface area contributed by atoms with Crippen molar-refractivity contribution in [3.63, 3.8) is 0 Å². The molecular weight excluding hydrogens is 395 g/mol. The van der Waals surface area contributed by atoms with Gasteiger partial charge in [0.25, 0.3) is 11.8 Å². The molecule has 1 aromatic carbocycles. The fraction of sp³-hybridized carbons (Fsp3) is 0.381. The van der Waals surface area contributed by atoms with Gasteiger partial charge in [-0.15, -0.1) is 11.3 Å². The Labute approximate surface area is 172 Å². The summed E-state index contributed by atoms with van der Waals surface area (Å²) in [6.45, 7) is 3.52. The van der Waals surface area contributed by atoms with Crippen molar-refractivity contribution in [1.29, 1.82) is 0 Å². The molecule has 2 amide bonds. The Bertz CT molecular complexity index is 918. The van der Waals surface area contributed by atoms with Crippen molar-refractivity contribution in [3.05, 3.63) is 51.7 Å². The van der Waals surface area contributed by atoms with Crippen LogP contribution in [0.15, 0.2) is 24.3 Å². The first-order valence-corrected chi connectivity index (χ1v) is 10.4. The molecule has 0 aliphatic heterocycles. The average molecular weight is 418 g/mol. The lowest BCUT2D eigenvalue weighted by atomic mass is 10.1. The van der Waals surface area contributed by atoms with Crippen LogP contribution in [0.2, 0.25) is 0 Å². The van der Waals surface area contributed by atoms with Gasteiger partial charge < -0.3 is 15.4 Å². The van der Waals surface area contributed by atoms with E-state index in [9.17, 15) is 18.8 Å². The van der Waals surface area contributed by atoms with E-state index in [1.54, 1.807) is 13.8 Å². The zero-order valence-corrected chi connectivity index (χ0v) is 17.2. The second kappa shape index (κ2) is 9.17. The second-order valence-electron chi connectivity index (χ2n) is 6.90. The standard InChI is InChI=1S/C21H23FN2O4S/c1-3-28-21(27)16-12(2)17(19(26)23-15-6-4-5-7-15)29-20(16)24-18(25)13-8-10-14(22)11-9-13/h8-11,15H,3-7H2,1-2H3,(H,23,26)(H,24,25). The van der Waals surface area contributed by atoms with Crippen LogP contribution in [-0.2, 0) is 4.74 Å². The molecule has 0 atom stereocenters. The fourth-order valence-electron chi connectivity index (χ4n) is 3.36. The Morgan fingerprint density at radius 3 is 2.41 bits per heavy atom. The lowest BCUT2D eigenvalue weighted by Gasteiger charge is -2.11. The molecular formula is C21H23FN2O4S. The average Bonchev–Trinajstić information content (AvgIpc) is 3.30. The number of halogens is 1. The predicted molar refractivity (Wildman–Crippen MR) is 109 cm³/mol. The van der Waals surface area contributed by atoms with Gasteiger partial charge in [0, 0.05) is 11.6 Å². The highest BCUT2D eigenvalue weighted by molar-refractivity contribution is 7.18. The minimum Gasteiger partial charge on any atom is -0.462 e. The summed E-state index contributed by atoms with van der Waals surface area (Å²) in [7, 11) is 0. The van der Waals surface area contributed by atoms with E-state index in [2.05, 4.69) is 10.6 Å². The van der Waals surface area contributed by atoms with Crippen LogP contribution >= 0.6 is 11.3 Å². The van der Waals surface area contributed by atoms with E-state index in [0.29, 0.717) is 10.4 Å². The lowest BCUT2D eigenvalue weighted by molar-refractivity contribution is 0.0527. The van der Waals surface area contributed by atoms with Crippen molar-refractivity contribution >= 4 is 34.1 Å². The van der Waals surface area contributed by atoms with Crippen molar-refractivity contribution in [1.82, 2.24) is 5.32 Å². The number of thiophene rings is 1. The van der Waals surface area contributed by atoms with Crippen molar-refractivity contribution in [2.24, 2.45) is 0 Å². The molecule has 6 nitrogen and oxygen atoms in total. The molecule has 1 saturated carbocycles. The molecule has 1 aliphatic carbocycles. The van der Waals surface area contributed by atoms with Crippen molar-refractivity contribution in [2.45, 2.75) is 45.6 Å². The first-order chi connectivity index (χ1) is 13.9. The van der Waals surface area contributed by atoms with Crippen LogP contribution in [0.25, 0.3) is 0 Å². The number of carbonyl (C=O) groups excluding carboxylic acids is 3. The lowest BCUT2D eigenvalue weighted by Crippen LogP contribution is -2.32. The van der Waals surface area contributed by atoms with Crippen LogP contribution in [0, 0.1) is 12.7 Å². The smallest absolute Gasteiger partial charge is 0.341 e. The van der Waals surface area contributed by atoms with Crippen LogP contribution in [0.1, 0.15) is 68.6 Å². The molecule has 8 heteroatoms. The molecule has 0 bridgehead atoms. The SMILES string of the molecule is CCOC(=O)c1c(NC(=O)c2ccc(F)cc2)sc(C(=O)NC2CCCC2)c1C. The number of hydrogen-bond acceptors (Lipinski definition) is 5. The van der Waals surface area contributed by atoms with E-state index < -0.39 is 17.7 Å². The molecule has 2 aromatic rings. The molecule has 0 unspecified atom stereocenters. The molecule has 0 radical (unpaired) electrons. The van der Waals surface area contributed by atoms with Crippen LogP contribution in [0.3, 0.4) is 0 Å². The topological polar surface area (TPSA) is 84.5 Å².